The number of aromatic nitrogens is 2. The standard InChI is InChI=1S/C42H50N4O7S/c1-29(2)37-24-34-27-44(26-31-8-10-35(11-9-31)51-23-22-45-21-17-43-30(45)3)18-16-39(34)53-42(37)38-25-36(12-13-40(38)52-28-41(47)48)54(49,50)46-19-14-32-6-4-5-7-33(32)15-20-46/h4-13,17,21,25,34,37,39,42H,1,14-16,18-20,22-24,26-28H2,2-3H3,(H,47,48)/t34-,37-,39+,42+/m1/s1. The fourth-order valence-corrected chi connectivity index (χ4v) is 9.66. The number of imidazole rings is 1. The molecule has 286 valence electrons. The first-order valence-electron chi connectivity index (χ1n) is 18.8. The molecule has 0 spiro atoms. The van der Waals surface area contributed by atoms with Gasteiger partial charge in [-0.3, -0.25) is 4.90 Å². The lowest BCUT2D eigenvalue weighted by Crippen LogP contribution is -2.48. The molecule has 0 unspecified atom stereocenters. The summed E-state index contributed by atoms with van der Waals surface area (Å²) >= 11 is 0. The fraction of sp³-hybridized carbons (Fsp3) is 0.429. The molecule has 0 saturated carbocycles. The third-order valence-electron chi connectivity index (χ3n) is 11.1. The van der Waals surface area contributed by atoms with E-state index in [2.05, 4.69) is 45.3 Å². The fourth-order valence-electron chi connectivity index (χ4n) is 8.19. The molecule has 2 saturated heterocycles. The van der Waals surface area contributed by atoms with Crippen LogP contribution in [0.4, 0.5) is 0 Å². The Morgan fingerprint density at radius 3 is 2.43 bits per heavy atom. The number of carboxylic acids is 1. The molecule has 54 heavy (non-hydrogen) atoms. The monoisotopic (exact) mass is 754 g/mol. The summed E-state index contributed by atoms with van der Waals surface area (Å²) in [5.41, 5.74) is 5.03. The van der Waals surface area contributed by atoms with Gasteiger partial charge in [0.2, 0.25) is 10.0 Å². The summed E-state index contributed by atoms with van der Waals surface area (Å²) in [6.45, 7) is 12.3. The van der Waals surface area contributed by atoms with E-state index in [4.69, 9.17) is 14.2 Å². The largest absolute Gasteiger partial charge is 0.492 e. The number of carboxylic acid groups (broad SMARTS) is 1. The summed E-state index contributed by atoms with van der Waals surface area (Å²) in [5.74, 6) is 1.14. The number of aryl methyl sites for hydroxylation is 1. The zero-order chi connectivity index (χ0) is 37.8. The molecule has 0 bridgehead atoms. The number of benzene rings is 3. The van der Waals surface area contributed by atoms with Crippen LogP contribution >= 0.6 is 0 Å². The van der Waals surface area contributed by atoms with E-state index in [0.29, 0.717) is 43.9 Å². The molecule has 12 heteroatoms. The van der Waals surface area contributed by atoms with E-state index < -0.39 is 28.7 Å². The van der Waals surface area contributed by atoms with Crippen LogP contribution in [0.3, 0.4) is 0 Å². The Hall–Kier alpha value is -4.49. The van der Waals surface area contributed by atoms with Gasteiger partial charge in [-0.15, -0.1) is 0 Å². The highest BCUT2D eigenvalue weighted by atomic mass is 32.2. The normalized spacial score (nSPS) is 22.1. The van der Waals surface area contributed by atoms with Gasteiger partial charge in [-0.25, -0.2) is 18.2 Å². The first kappa shape index (κ1) is 37.8. The average molecular weight is 755 g/mol. The third kappa shape index (κ3) is 8.57. The molecule has 1 N–H and O–H groups in total. The summed E-state index contributed by atoms with van der Waals surface area (Å²) in [7, 11) is -3.86. The lowest BCUT2D eigenvalue weighted by molar-refractivity contribution is -0.140. The zero-order valence-electron chi connectivity index (χ0n) is 31.1. The van der Waals surface area contributed by atoms with Gasteiger partial charge in [0.1, 0.15) is 23.9 Å². The second kappa shape index (κ2) is 16.5. The number of sulfonamides is 1. The number of carbonyl (C=O) groups is 1. The lowest BCUT2D eigenvalue weighted by atomic mass is 9.76. The molecule has 11 nitrogen and oxygen atoms in total. The Bertz CT molecular complexity index is 2040. The van der Waals surface area contributed by atoms with Crippen molar-refractivity contribution in [3.63, 3.8) is 0 Å². The van der Waals surface area contributed by atoms with Gasteiger partial charge < -0.3 is 23.9 Å². The average Bonchev–Trinajstić information content (AvgIpc) is 3.44. The van der Waals surface area contributed by atoms with Gasteiger partial charge in [0.25, 0.3) is 0 Å². The van der Waals surface area contributed by atoms with Gasteiger partial charge in [0, 0.05) is 56.6 Å². The van der Waals surface area contributed by atoms with Crippen LogP contribution in [-0.4, -0.2) is 83.7 Å². The first-order valence-corrected chi connectivity index (χ1v) is 20.3. The lowest BCUT2D eigenvalue weighted by Gasteiger charge is -2.47. The van der Waals surface area contributed by atoms with Gasteiger partial charge >= 0.3 is 5.97 Å². The Morgan fingerprint density at radius 2 is 1.76 bits per heavy atom. The molecule has 7 rings (SSSR count). The van der Waals surface area contributed by atoms with Crippen molar-refractivity contribution in [1.82, 2.24) is 18.8 Å². The van der Waals surface area contributed by atoms with Crippen molar-refractivity contribution in [3.05, 3.63) is 119 Å². The Balaban J connectivity index is 1.04. The van der Waals surface area contributed by atoms with Crippen LogP contribution in [-0.2, 0) is 45.5 Å². The molecular formula is C42H50N4O7S. The quantitative estimate of drug-likeness (QED) is 0.162. The number of piperidine rings is 1. The summed E-state index contributed by atoms with van der Waals surface area (Å²) in [6, 6.07) is 21.2. The van der Waals surface area contributed by atoms with Gasteiger partial charge in [0.15, 0.2) is 6.61 Å². The van der Waals surface area contributed by atoms with E-state index in [-0.39, 0.29) is 22.8 Å². The van der Waals surface area contributed by atoms with Crippen LogP contribution in [0.1, 0.15) is 53.9 Å². The molecule has 4 aromatic rings. The molecule has 0 radical (unpaired) electrons. The van der Waals surface area contributed by atoms with Crippen molar-refractivity contribution in [2.45, 2.75) is 69.7 Å². The zero-order valence-corrected chi connectivity index (χ0v) is 31.9. The highest BCUT2D eigenvalue weighted by Crippen LogP contribution is 2.47. The van der Waals surface area contributed by atoms with Crippen molar-refractivity contribution >= 4 is 16.0 Å². The number of hydrogen-bond donors (Lipinski definition) is 1. The molecule has 3 aromatic carbocycles. The van der Waals surface area contributed by atoms with Crippen molar-refractivity contribution < 1.29 is 32.5 Å². The molecule has 4 atom stereocenters. The summed E-state index contributed by atoms with van der Waals surface area (Å²) in [4.78, 5) is 18.4. The molecule has 3 aliphatic heterocycles. The van der Waals surface area contributed by atoms with Gasteiger partial charge in [0.05, 0.1) is 23.6 Å². The molecule has 4 heterocycles. The van der Waals surface area contributed by atoms with E-state index in [0.717, 1.165) is 56.2 Å². The van der Waals surface area contributed by atoms with E-state index in [1.165, 1.54) is 22.8 Å². The number of likely N-dealkylation sites (tertiary alicyclic amines) is 1. The molecule has 0 amide bonds. The van der Waals surface area contributed by atoms with Gasteiger partial charge in [-0.05, 0) is 92.5 Å². The van der Waals surface area contributed by atoms with Crippen LogP contribution < -0.4 is 9.47 Å². The van der Waals surface area contributed by atoms with Crippen molar-refractivity contribution in [2.75, 3.05) is 39.4 Å². The minimum absolute atomic E-state index is 0.0477. The van der Waals surface area contributed by atoms with Crippen molar-refractivity contribution in [1.29, 1.82) is 0 Å². The second-order valence-corrected chi connectivity index (χ2v) is 16.7. The maximum atomic E-state index is 14.2. The molecule has 2 fully saturated rings. The number of rotatable bonds is 13. The maximum Gasteiger partial charge on any atom is 0.341 e. The van der Waals surface area contributed by atoms with E-state index >= 15 is 0 Å². The van der Waals surface area contributed by atoms with Gasteiger partial charge in [-0.2, -0.15) is 4.31 Å². The number of aliphatic carboxylic acids is 1. The topological polar surface area (TPSA) is 123 Å². The van der Waals surface area contributed by atoms with Crippen molar-refractivity contribution in [3.8, 4) is 11.5 Å². The van der Waals surface area contributed by atoms with Gasteiger partial charge in [-0.1, -0.05) is 48.6 Å². The predicted octanol–water partition coefficient (Wildman–Crippen LogP) is 6.07. The van der Waals surface area contributed by atoms with Crippen LogP contribution in [0.5, 0.6) is 11.5 Å². The second-order valence-electron chi connectivity index (χ2n) is 14.8. The molecule has 1 aromatic heterocycles. The Morgan fingerprint density at radius 1 is 1.02 bits per heavy atom. The SMILES string of the molecule is C=C(C)[C@H]1C[C@@H]2CN(Cc3ccc(OCCn4ccnc4C)cc3)CC[C@@H]2O[C@@H]1c1cc(S(=O)(=O)N2CCc3ccccc3CC2)ccc1OCC(=O)O. The minimum Gasteiger partial charge on any atom is -0.492 e. The third-order valence-corrected chi connectivity index (χ3v) is 13.0. The summed E-state index contributed by atoms with van der Waals surface area (Å²) in [6.07, 6.45) is 6.07. The van der Waals surface area contributed by atoms with Crippen LogP contribution in [0.15, 0.2) is 96.2 Å². The van der Waals surface area contributed by atoms with E-state index in [9.17, 15) is 18.3 Å². The molecule has 0 aliphatic carbocycles. The first-order chi connectivity index (χ1) is 26.0. The van der Waals surface area contributed by atoms with Crippen LogP contribution in [0.25, 0.3) is 0 Å². The number of ether oxygens (including phenoxy) is 3. The summed E-state index contributed by atoms with van der Waals surface area (Å²) < 4.78 is 50.6. The number of nitrogens with zero attached hydrogens (tertiary/aromatic N) is 4. The summed E-state index contributed by atoms with van der Waals surface area (Å²) in [5, 5.41) is 9.46. The van der Waals surface area contributed by atoms with Crippen LogP contribution in [0, 0.1) is 18.8 Å². The number of hydrogen-bond acceptors (Lipinski definition) is 8. The van der Waals surface area contributed by atoms with E-state index in [1.807, 2.05) is 44.3 Å². The Kier molecular flexibility index (Phi) is 11.5. The Labute approximate surface area is 318 Å². The highest BCUT2D eigenvalue weighted by Gasteiger charge is 2.43. The minimum atomic E-state index is -3.86. The van der Waals surface area contributed by atoms with Crippen LogP contribution in [0.2, 0.25) is 0 Å². The van der Waals surface area contributed by atoms with E-state index in [1.54, 1.807) is 22.6 Å². The number of fused-ring (bicyclic) bond motifs is 2. The maximum absolute atomic E-state index is 14.2. The molecular weight excluding hydrogens is 705 g/mol. The van der Waals surface area contributed by atoms with Crippen molar-refractivity contribution in [2.24, 2.45) is 11.8 Å². The highest BCUT2D eigenvalue weighted by molar-refractivity contribution is 7.89. The smallest absolute Gasteiger partial charge is 0.341 e. The predicted molar refractivity (Wildman–Crippen MR) is 205 cm³/mol. The molecule has 3 aliphatic rings.